The summed E-state index contributed by atoms with van der Waals surface area (Å²) >= 11 is 0. The molecular formula is C59H114NO7P. The Balaban J connectivity index is 4.06. The largest absolute Gasteiger partial charge is 0.756 e. The highest BCUT2D eigenvalue weighted by molar-refractivity contribution is 7.45. The normalized spacial score (nSPS) is 13.7. The van der Waals surface area contributed by atoms with Crippen molar-refractivity contribution in [3.63, 3.8) is 0 Å². The number of esters is 1. The van der Waals surface area contributed by atoms with Gasteiger partial charge in [-0.2, -0.15) is 0 Å². The summed E-state index contributed by atoms with van der Waals surface area (Å²) in [6.45, 7) is 5.44. The van der Waals surface area contributed by atoms with E-state index in [4.69, 9.17) is 18.5 Å². The fraction of sp³-hybridized carbons (Fsp3) is 0.881. The van der Waals surface area contributed by atoms with Gasteiger partial charge >= 0.3 is 5.97 Å². The molecule has 0 saturated carbocycles. The van der Waals surface area contributed by atoms with E-state index in [9.17, 15) is 14.3 Å². The van der Waals surface area contributed by atoms with Gasteiger partial charge in [0.05, 0.1) is 34.4 Å². The summed E-state index contributed by atoms with van der Waals surface area (Å²) < 4.78 is 34.9. The van der Waals surface area contributed by atoms with Crippen LogP contribution < -0.4 is 4.89 Å². The van der Waals surface area contributed by atoms with E-state index >= 15 is 0 Å². The van der Waals surface area contributed by atoms with Crippen molar-refractivity contribution in [1.29, 1.82) is 0 Å². The zero-order valence-electron chi connectivity index (χ0n) is 45.8. The van der Waals surface area contributed by atoms with Gasteiger partial charge in [-0.15, -0.1) is 0 Å². The summed E-state index contributed by atoms with van der Waals surface area (Å²) in [6, 6.07) is 0. The Hall–Kier alpha value is -1.28. The quantitative estimate of drug-likeness (QED) is 0.0197. The lowest BCUT2D eigenvalue weighted by molar-refractivity contribution is -0.870. The van der Waals surface area contributed by atoms with E-state index in [2.05, 4.69) is 50.3 Å². The predicted molar refractivity (Wildman–Crippen MR) is 291 cm³/mol. The second-order valence-electron chi connectivity index (χ2n) is 21.0. The topological polar surface area (TPSA) is 94.1 Å². The maximum absolute atomic E-state index is 12.8. The molecule has 0 radical (unpaired) electrons. The summed E-state index contributed by atoms with van der Waals surface area (Å²) in [7, 11) is 1.36. The van der Waals surface area contributed by atoms with Crippen LogP contribution in [0.3, 0.4) is 0 Å². The first kappa shape index (κ1) is 66.7. The van der Waals surface area contributed by atoms with E-state index in [0.717, 1.165) is 57.8 Å². The third-order valence-corrected chi connectivity index (χ3v) is 13.9. The standard InChI is InChI=1S/C59H114NO7P/c1-6-8-10-12-14-16-18-20-22-24-26-28-29-30-31-33-35-37-39-41-43-45-47-49-51-54-64-56-58(57-66-68(62,63)65-55-53-60(3,4)5)67-59(61)52-50-48-46-44-42-40-38-36-34-32-27-25-23-21-19-17-15-13-11-9-7-2/h19,21,25,27,34,36,58H,6-18,20,22-24,26,28-33,35,37-57H2,1-5H3/b21-19-,27-25-,36-34-. The lowest BCUT2D eigenvalue weighted by atomic mass is 10.0. The number of hydrogen-bond acceptors (Lipinski definition) is 7. The minimum atomic E-state index is -4.54. The third kappa shape index (κ3) is 55.6. The van der Waals surface area contributed by atoms with Gasteiger partial charge in [-0.25, -0.2) is 0 Å². The zero-order valence-corrected chi connectivity index (χ0v) is 46.7. The van der Waals surface area contributed by atoms with E-state index in [1.807, 2.05) is 21.1 Å². The van der Waals surface area contributed by atoms with Crippen LogP contribution in [0.15, 0.2) is 36.5 Å². The van der Waals surface area contributed by atoms with Crippen LogP contribution in [0.2, 0.25) is 0 Å². The molecule has 0 fully saturated rings. The highest BCUT2D eigenvalue weighted by Crippen LogP contribution is 2.38. The Morgan fingerprint density at radius 3 is 1.21 bits per heavy atom. The number of unbranched alkanes of at least 4 members (excludes halogenated alkanes) is 35. The van der Waals surface area contributed by atoms with Gasteiger partial charge < -0.3 is 27.9 Å². The Bertz CT molecular complexity index is 1180. The number of hydrogen-bond donors (Lipinski definition) is 0. The summed E-state index contributed by atoms with van der Waals surface area (Å²) in [5.74, 6) is -0.341. The molecule has 9 heteroatoms. The smallest absolute Gasteiger partial charge is 0.306 e. The van der Waals surface area contributed by atoms with Gasteiger partial charge in [0, 0.05) is 13.0 Å². The Labute approximate surface area is 423 Å². The molecule has 0 aliphatic rings. The molecule has 0 N–H and O–H groups in total. The molecule has 8 nitrogen and oxygen atoms in total. The molecule has 0 rings (SSSR count). The molecule has 0 heterocycles. The van der Waals surface area contributed by atoms with Crippen LogP contribution >= 0.6 is 7.82 Å². The molecule has 0 aliphatic heterocycles. The third-order valence-electron chi connectivity index (χ3n) is 12.9. The van der Waals surface area contributed by atoms with Crippen LogP contribution in [0.1, 0.15) is 277 Å². The van der Waals surface area contributed by atoms with Crippen molar-refractivity contribution in [2.24, 2.45) is 0 Å². The summed E-state index contributed by atoms with van der Waals surface area (Å²) in [6.07, 6.45) is 64.7. The van der Waals surface area contributed by atoms with Crippen molar-refractivity contribution in [2.45, 2.75) is 283 Å². The number of quaternary nitrogens is 1. The molecule has 0 aromatic carbocycles. The first-order valence-corrected chi connectivity index (χ1v) is 30.7. The van der Waals surface area contributed by atoms with Gasteiger partial charge in [-0.3, -0.25) is 9.36 Å². The van der Waals surface area contributed by atoms with Crippen molar-refractivity contribution in [2.75, 3.05) is 54.1 Å². The molecular weight excluding hydrogens is 866 g/mol. The van der Waals surface area contributed by atoms with Crippen LogP contribution in [0.5, 0.6) is 0 Å². The maximum Gasteiger partial charge on any atom is 0.306 e. The highest BCUT2D eigenvalue weighted by Gasteiger charge is 2.20. The van der Waals surface area contributed by atoms with Crippen molar-refractivity contribution in [1.82, 2.24) is 0 Å². The van der Waals surface area contributed by atoms with E-state index in [0.29, 0.717) is 24.1 Å². The Morgan fingerprint density at radius 1 is 0.456 bits per heavy atom. The summed E-state index contributed by atoms with van der Waals surface area (Å²) in [5, 5.41) is 0. The molecule has 0 spiro atoms. The Kier molecular flexibility index (Phi) is 51.1. The lowest BCUT2D eigenvalue weighted by Crippen LogP contribution is -2.37. The molecule has 0 bridgehead atoms. The van der Waals surface area contributed by atoms with Crippen LogP contribution in [0.25, 0.3) is 0 Å². The van der Waals surface area contributed by atoms with Crippen LogP contribution in [-0.4, -0.2) is 70.7 Å². The van der Waals surface area contributed by atoms with Crippen LogP contribution in [-0.2, 0) is 27.9 Å². The number of phosphoric acid groups is 1. The number of likely N-dealkylation sites (N-methyl/N-ethyl adjacent to an activating group) is 1. The van der Waals surface area contributed by atoms with Gasteiger partial charge in [-0.05, 0) is 51.4 Å². The number of phosphoric ester groups is 1. The van der Waals surface area contributed by atoms with Gasteiger partial charge in [0.1, 0.15) is 19.3 Å². The molecule has 0 aromatic heterocycles. The number of carbonyl (C=O) groups excluding carboxylic acids is 1. The molecule has 2 unspecified atom stereocenters. The molecule has 2 atom stereocenters. The van der Waals surface area contributed by atoms with E-state index < -0.39 is 13.9 Å². The number of carbonyl (C=O) groups is 1. The first-order valence-electron chi connectivity index (χ1n) is 29.2. The number of allylic oxidation sites excluding steroid dienone is 6. The SMILES string of the molecule is CCCCCCC/C=C\C/C=C\C/C=C\CCCCCCCCC(=O)OC(COCCCCCCCCCCCCCCCCCCCCCCCCCCC)COP(=O)([O-])OCC[N+](C)(C)C. The molecule has 0 aromatic rings. The second-order valence-corrected chi connectivity index (χ2v) is 22.4. The van der Waals surface area contributed by atoms with Gasteiger partial charge in [0.2, 0.25) is 0 Å². The fourth-order valence-corrected chi connectivity index (χ4v) is 9.17. The fourth-order valence-electron chi connectivity index (χ4n) is 8.44. The first-order chi connectivity index (χ1) is 33.1. The maximum atomic E-state index is 12.8. The zero-order chi connectivity index (χ0) is 49.8. The van der Waals surface area contributed by atoms with Crippen LogP contribution in [0.4, 0.5) is 0 Å². The highest BCUT2D eigenvalue weighted by atomic mass is 31.2. The average molecular weight is 981 g/mol. The van der Waals surface area contributed by atoms with Gasteiger partial charge in [0.15, 0.2) is 0 Å². The van der Waals surface area contributed by atoms with Crippen molar-refractivity contribution >= 4 is 13.8 Å². The number of nitrogens with zero attached hydrogens (tertiary/aromatic N) is 1. The van der Waals surface area contributed by atoms with Crippen molar-refractivity contribution in [3.8, 4) is 0 Å². The monoisotopic (exact) mass is 980 g/mol. The Morgan fingerprint density at radius 2 is 0.809 bits per heavy atom. The molecule has 0 amide bonds. The number of rotatable bonds is 55. The van der Waals surface area contributed by atoms with Crippen molar-refractivity contribution in [3.05, 3.63) is 36.5 Å². The average Bonchev–Trinajstić information content (AvgIpc) is 3.30. The summed E-state index contributed by atoms with van der Waals surface area (Å²) in [4.78, 5) is 25.2. The van der Waals surface area contributed by atoms with E-state index in [1.165, 1.54) is 199 Å². The van der Waals surface area contributed by atoms with Crippen molar-refractivity contribution < 1.29 is 37.3 Å². The molecule has 0 aliphatic carbocycles. The lowest BCUT2D eigenvalue weighted by Gasteiger charge is -2.28. The van der Waals surface area contributed by atoms with Crippen LogP contribution in [0, 0.1) is 0 Å². The second kappa shape index (κ2) is 52.1. The minimum Gasteiger partial charge on any atom is -0.756 e. The minimum absolute atomic E-state index is 0.0246. The molecule has 68 heavy (non-hydrogen) atoms. The summed E-state index contributed by atoms with van der Waals surface area (Å²) in [5.41, 5.74) is 0. The van der Waals surface area contributed by atoms with Gasteiger partial charge in [0.25, 0.3) is 7.82 Å². The number of ether oxygens (including phenoxy) is 2. The van der Waals surface area contributed by atoms with E-state index in [1.54, 1.807) is 0 Å². The molecule has 402 valence electrons. The molecule has 0 saturated heterocycles. The van der Waals surface area contributed by atoms with Gasteiger partial charge in [-0.1, -0.05) is 256 Å². The predicted octanol–water partition coefficient (Wildman–Crippen LogP) is 17.8. The van der Waals surface area contributed by atoms with E-state index in [-0.39, 0.29) is 25.8 Å².